The van der Waals surface area contributed by atoms with Gasteiger partial charge in [0.05, 0.1) is 16.1 Å². The molecule has 0 bridgehead atoms. The number of halogens is 3. The number of rotatable bonds is 2. The summed E-state index contributed by atoms with van der Waals surface area (Å²) in [5.74, 6) is -0.731. The van der Waals surface area contributed by atoms with Crippen molar-refractivity contribution in [1.29, 1.82) is 0 Å². The molecule has 14 heavy (non-hydrogen) atoms. The molecule has 0 aromatic heterocycles. The first-order valence-corrected chi connectivity index (χ1v) is 4.77. The molecule has 78 valence electrons. The third-order valence-electron chi connectivity index (χ3n) is 1.88. The van der Waals surface area contributed by atoms with E-state index < -0.39 is 18.0 Å². The Hall–Kier alpha value is -0.350. The van der Waals surface area contributed by atoms with Crippen LogP contribution in [-0.4, -0.2) is 11.1 Å². The molecule has 0 aliphatic carbocycles. The maximum absolute atomic E-state index is 13.2. The molecule has 0 saturated heterocycles. The van der Waals surface area contributed by atoms with Gasteiger partial charge in [0.15, 0.2) is 5.82 Å². The molecular formula is C9H10Cl2FNO. The highest BCUT2D eigenvalue weighted by Gasteiger charge is 2.19. The molecule has 2 nitrogen and oxygen atoms in total. The fourth-order valence-corrected chi connectivity index (χ4v) is 1.53. The maximum Gasteiger partial charge on any atom is 0.160 e. The predicted octanol–water partition coefficient (Wildman–Crippen LogP) is 2.51. The predicted molar refractivity (Wildman–Crippen MR) is 55.0 cm³/mol. The summed E-state index contributed by atoms with van der Waals surface area (Å²) in [6.07, 6.45) is -0.991. The van der Waals surface area contributed by atoms with E-state index in [1.807, 2.05) is 0 Å². The molecule has 0 unspecified atom stereocenters. The molecule has 0 amide bonds. The van der Waals surface area contributed by atoms with Crippen molar-refractivity contribution >= 4 is 23.2 Å². The molecule has 0 spiro atoms. The number of nitrogens with two attached hydrogens (primary N) is 1. The highest BCUT2D eigenvalue weighted by atomic mass is 35.5. The van der Waals surface area contributed by atoms with E-state index in [0.717, 1.165) is 0 Å². The van der Waals surface area contributed by atoms with Gasteiger partial charge in [-0.3, -0.25) is 0 Å². The van der Waals surface area contributed by atoms with Crippen LogP contribution in [0.5, 0.6) is 0 Å². The van der Waals surface area contributed by atoms with Crippen LogP contribution >= 0.6 is 23.2 Å². The summed E-state index contributed by atoms with van der Waals surface area (Å²) in [5.41, 5.74) is 5.71. The van der Waals surface area contributed by atoms with Gasteiger partial charge in [-0.1, -0.05) is 29.3 Å². The number of aliphatic hydroxyl groups excluding tert-OH is 1. The van der Waals surface area contributed by atoms with Gasteiger partial charge in [0, 0.05) is 11.6 Å². The average molecular weight is 238 g/mol. The van der Waals surface area contributed by atoms with Crippen LogP contribution in [0.3, 0.4) is 0 Å². The quantitative estimate of drug-likeness (QED) is 0.777. The molecule has 1 rings (SSSR count). The standard InChI is InChI=1S/C9H10Cl2FNO/c1-4(13)9(14)5-2-3-6(10)8(12)7(5)11/h2-4,9,14H,13H2,1H3/t4-,9-/m0/s1. The molecule has 0 fully saturated rings. The van der Waals surface area contributed by atoms with Crippen LogP contribution in [0, 0.1) is 5.82 Å². The molecular weight excluding hydrogens is 228 g/mol. The van der Waals surface area contributed by atoms with Gasteiger partial charge < -0.3 is 10.8 Å². The summed E-state index contributed by atoms with van der Waals surface area (Å²) in [4.78, 5) is 0. The maximum atomic E-state index is 13.2. The second-order valence-corrected chi connectivity index (χ2v) is 3.85. The molecule has 1 aromatic carbocycles. The molecule has 0 saturated carbocycles. The summed E-state index contributed by atoms with van der Waals surface area (Å²) in [6.45, 7) is 1.60. The Bertz CT molecular complexity index is 344. The Labute approximate surface area is 91.4 Å². The molecule has 5 heteroatoms. The number of hydrogen-bond donors (Lipinski definition) is 2. The second-order valence-electron chi connectivity index (χ2n) is 3.07. The lowest BCUT2D eigenvalue weighted by Gasteiger charge is -2.16. The van der Waals surface area contributed by atoms with Gasteiger partial charge in [0.1, 0.15) is 0 Å². The lowest BCUT2D eigenvalue weighted by molar-refractivity contribution is 0.153. The van der Waals surface area contributed by atoms with Crippen LogP contribution in [-0.2, 0) is 0 Å². The Morgan fingerprint density at radius 3 is 2.50 bits per heavy atom. The van der Waals surface area contributed by atoms with Crippen molar-refractivity contribution in [1.82, 2.24) is 0 Å². The summed E-state index contributed by atoms with van der Waals surface area (Å²) in [7, 11) is 0. The number of hydrogen-bond acceptors (Lipinski definition) is 2. The van der Waals surface area contributed by atoms with Gasteiger partial charge in [-0.25, -0.2) is 4.39 Å². The third kappa shape index (κ3) is 2.17. The van der Waals surface area contributed by atoms with Crippen molar-refractivity contribution in [3.63, 3.8) is 0 Å². The minimum absolute atomic E-state index is 0.0735. The first-order chi connectivity index (χ1) is 6.45. The zero-order chi connectivity index (χ0) is 10.9. The Kier molecular flexibility index (Phi) is 3.72. The van der Waals surface area contributed by atoms with Crippen LogP contribution in [0.4, 0.5) is 4.39 Å². The van der Waals surface area contributed by atoms with E-state index in [-0.39, 0.29) is 15.6 Å². The van der Waals surface area contributed by atoms with Crippen molar-refractivity contribution in [2.45, 2.75) is 19.1 Å². The Morgan fingerprint density at radius 1 is 1.43 bits per heavy atom. The summed E-state index contributed by atoms with van der Waals surface area (Å²) in [6, 6.07) is 2.28. The van der Waals surface area contributed by atoms with E-state index in [2.05, 4.69) is 0 Å². The van der Waals surface area contributed by atoms with Crippen LogP contribution in [0.25, 0.3) is 0 Å². The summed E-state index contributed by atoms with van der Waals surface area (Å²) >= 11 is 11.2. The molecule has 2 atom stereocenters. The van der Waals surface area contributed by atoms with E-state index in [0.29, 0.717) is 0 Å². The highest BCUT2D eigenvalue weighted by Crippen LogP contribution is 2.31. The van der Waals surface area contributed by atoms with Crippen LogP contribution in [0.2, 0.25) is 10.0 Å². The summed E-state index contributed by atoms with van der Waals surface area (Å²) in [5, 5.41) is 9.32. The first kappa shape index (κ1) is 11.7. The fraction of sp³-hybridized carbons (Fsp3) is 0.333. The van der Waals surface area contributed by atoms with Gasteiger partial charge in [0.2, 0.25) is 0 Å². The van der Waals surface area contributed by atoms with Crippen molar-refractivity contribution in [2.24, 2.45) is 5.73 Å². The van der Waals surface area contributed by atoms with E-state index in [4.69, 9.17) is 28.9 Å². The van der Waals surface area contributed by atoms with Crippen molar-refractivity contribution in [2.75, 3.05) is 0 Å². The molecule has 0 radical (unpaired) electrons. The lowest BCUT2D eigenvalue weighted by atomic mass is 10.0. The van der Waals surface area contributed by atoms with Crippen LogP contribution in [0.1, 0.15) is 18.6 Å². The Morgan fingerprint density at radius 2 is 2.00 bits per heavy atom. The zero-order valence-electron chi connectivity index (χ0n) is 7.47. The number of benzene rings is 1. The minimum Gasteiger partial charge on any atom is -0.387 e. The zero-order valence-corrected chi connectivity index (χ0v) is 8.98. The van der Waals surface area contributed by atoms with Crippen molar-refractivity contribution < 1.29 is 9.50 Å². The molecule has 0 aliphatic rings. The minimum atomic E-state index is -0.991. The van der Waals surface area contributed by atoms with Gasteiger partial charge in [-0.2, -0.15) is 0 Å². The van der Waals surface area contributed by atoms with E-state index in [1.54, 1.807) is 6.92 Å². The Balaban J connectivity index is 3.17. The van der Waals surface area contributed by atoms with Gasteiger partial charge in [0.25, 0.3) is 0 Å². The highest BCUT2D eigenvalue weighted by molar-refractivity contribution is 6.35. The number of aliphatic hydroxyl groups is 1. The first-order valence-electron chi connectivity index (χ1n) is 4.02. The van der Waals surface area contributed by atoms with Gasteiger partial charge in [-0.15, -0.1) is 0 Å². The third-order valence-corrected chi connectivity index (χ3v) is 2.56. The van der Waals surface area contributed by atoms with Gasteiger partial charge in [-0.05, 0) is 13.0 Å². The van der Waals surface area contributed by atoms with Crippen LogP contribution in [0.15, 0.2) is 12.1 Å². The normalized spacial score (nSPS) is 15.3. The van der Waals surface area contributed by atoms with Crippen molar-refractivity contribution in [3.8, 4) is 0 Å². The van der Waals surface area contributed by atoms with Gasteiger partial charge >= 0.3 is 0 Å². The largest absolute Gasteiger partial charge is 0.387 e. The SMILES string of the molecule is C[C@H](N)[C@H](O)c1ccc(Cl)c(F)c1Cl. The molecule has 3 N–H and O–H groups in total. The average Bonchev–Trinajstić information content (AvgIpc) is 2.13. The lowest BCUT2D eigenvalue weighted by Crippen LogP contribution is -2.24. The van der Waals surface area contributed by atoms with Crippen molar-refractivity contribution in [3.05, 3.63) is 33.6 Å². The molecule has 0 aliphatic heterocycles. The smallest absolute Gasteiger partial charge is 0.160 e. The summed E-state index contributed by atoms with van der Waals surface area (Å²) < 4.78 is 13.2. The fourth-order valence-electron chi connectivity index (χ4n) is 1.05. The monoisotopic (exact) mass is 237 g/mol. The second kappa shape index (κ2) is 4.45. The molecule has 1 aromatic rings. The van der Waals surface area contributed by atoms with E-state index >= 15 is 0 Å². The topological polar surface area (TPSA) is 46.2 Å². The molecule has 0 heterocycles. The van der Waals surface area contributed by atoms with E-state index in [9.17, 15) is 9.50 Å². The van der Waals surface area contributed by atoms with Crippen LogP contribution < -0.4 is 5.73 Å². The van der Waals surface area contributed by atoms with E-state index in [1.165, 1.54) is 12.1 Å².